The molecule has 3 heterocycles. The molecule has 0 saturated carbocycles. The Morgan fingerprint density at radius 3 is 2.50 bits per heavy atom. The first kappa shape index (κ1) is 13.0. The van der Waals surface area contributed by atoms with Gasteiger partial charge in [-0.1, -0.05) is 0 Å². The molecule has 0 aliphatic carbocycles. The Morgan fingerprint density at radius 1 is 1.20 bits per heavy atom. The second kappa shape index (κ2) is 5.53. The average molecular weight is 271 g/mol. The van der Waals surface area contributed by atoms with Gasteiger partial charge in [-0.3, -0.25) is 10.1 Å². The van der Waals surface area contributed by atoms with E-state index in [0.717, 1.165) is 37.3 Å². The molecule has 5 nitrogen and oxygen atoms in total. The minimum absolute atomic E-state index is 0.531. The quantitative estimate of drug-likeness (QED) is 0.900. The highest BCUT2D eigenvalue weighted by Crippen LogP contribution is 2.23. The second-order valence-electron chi connectivity index (χ2n) is 5.42. The molecule has 5 heteroatoms. The Kier molecular flexibility index (Phi) is 3.58. The molecule has 0 spiro atoms. The van der Waals surface area contributed by atoms with E-state index < -0.39 is 0 Å². The van der Waals surface area contributed by atoms with Gasteiger partial charge < -0.3 is 10.2 Å². The largest absolute Gasteiger partial charge is 0.379 e. The third-order valence-electron chi connectivity index (χ3n) is 4.00. The highest BCUT2D eigenvalue weighted by molar-refractivity contribution is 5.52. The number of piperidine rings is 1. The number of H-pyrrole nitrogens is 1. The number of anilines is 2. The van der Waals surface area contributed by atoms with Gasteiger partial charge in [0.25, 0.3) is 0 Å². The van der Waals surface area contributed by atoms with Gasteiger partial charge in [0.15, 0.2) is 0 Å². The Balaban J connectivity index is 1.59. The third-order valence-corrected chi connectivity index (χ3v) is 4.00. The lowest BCUT2D eigenvalue weighted by Crippen LogP contribution is -2.39. The van der Waals surface area contributed by atoms with Crippen molar-refractivity contribution in [3.05, 3.63) is 35.9 Å². The highest BCUT2D eigenvalue weighted by Gasteiger charge is 2.20. The standard InChI is InChI=1S/C15H21N5/c1-11-15(12(2)19-18-11)17-13-5-9-20(10-6-13)14-3-7-16-8-4-14/h3-4,7-8,13,17H,5-6,9-10H2,1-2H3,(H,18,19). The lowest BCUT2D eigenvalue weighted by atomic mass is 10.0. The molecule has 1 aliphatic rings. The van der Waals surface area contributed by atoms with Crippen molar-refractivity contribution >= 4 is 11.4 Å². The average Bonchev–Trinajstić information content (AvgIpc) is 2.81. The summed E-state index contributed by atoms with van der Waals surface area (Å²) in [6.45, 7) is 6.27. The van der Waals surface area contributed by atoms with Gasteiger partial charge in [0.05, 0.1) is 17.1 Å². The number of nitrogens with zero attached hydrogens (tertiary/aromatic N) is 3. The Labute approximate surface area is 119 Å². The molecular weight excluding hydrogens is 250 g/mol. The summed E-state index contributed by atoms with van der Waals surface area (Å²) in [5.41, 5.74) is 4.62. The smallest absolute Gasteiger partial charge is 0.0825 e. The molecule has 1 aliphatic heterocycles. The van der Waals surface area contributed by atoms with Crippen LogP contribution in [0, 0.1) is 13.8 Å². The van der Waals surface area contributed by atoms with Crippen LogP contribution < -0.4 is 10.2 Å². The van der Waals surface area contributed by atoms with E-state index in [0.29, 0.717) is 6.04 Å². The molecule has 1 saturated heterocycles. The number of aromatic amines is 1. The topological polar surface area (TPSA) is 56.8 Å². The molecule has 0 unspecified atom stereocenters. The number of aromatic nitrogens is 3. The van der Waals surface area contributed by atoms with Gasteiger partial charge in [0.1, 0.15) is 0 Å². The van der Waals surface area contributed by atoms with E-state index >= 15 is 0 Å². The van der Waals surface area contributed by atoms with Crippen molar-refractivity contribution in [1.82, 2.24) is 15.2 Å². The Bertz CT molecular complexity index is 535. The number of aryl methyl sites for hydroxylation is 2. The van der Waals surface area contributed by atoms with Crippen molar-refractivity contribution < 1.29 is 0 Å². The van der Waals surface area contributed by atoms with Crippen LogP contribution in [0.4, 0.5) is 11.4 Å². The van der Waals surface area contributed by atoms with Crippen LogP contribution in [0.25, 0.3) is 0 Å². The summed E-state index contributed by atoms with van der Waals surface area (Å²) in [7, 11) is 0. The minimum Gasteiger partial charge on any atom is -0.379 e. The molecule has 0 amide bonds. The first-order chi connectivity index (χ1) is 9.74. The van der Waals surface area contributed by atoms with Crippen LogP contribution in [0.15, 0.2) is 24.5 Å². The van der Waals surface area contributed by atoms with E-state index in [-0.39, 0.29) is 0 Å². The summed E-state index contributed by atoms with van der Waals surface area (Å²) in [6.07, 6.45) is 6.01. The SMILES string of the molecule is Cc1n[nH]c(C)c1NC1CCN(c2ccncc2)CC1. The van der Waals surface area contributed by atoms with Crippen LogP contribution in [-0.2, 0) is 0 Å². The van der Waals surface area contributed by atoms with Crippen molar-refractivity contribution in [2.75, 3.05) is 23.3 Å². The maximum Gasteiger partial charge on any atom is 0.0825 e. The summed E-state index contributed by atoms with van der Waals surface area (Å²) in [6, 6.07) is 4.69. The monoisotopic (exact) mass is 271 g/mol. The van der Waals surface area contributed by atoms with Crippen LogP contribution in [0.1, 0.15) is 24.2 Å². The third kappa shape index (κ3) is 2.61. The van der Waals surface area contributed by atoms with Crippen molar-refractivity contribution in [3.8, 4) is 0 Å². The minimum atomic E-state index is 0.531. The Morgan fingerprint density at radius 2 is 1.90 bits per heavy atom. The van der Waals surface area contributed by atoms with Crippen molar-refractivity contribution in [2.45, 2.75) is 32.7 Å². The number of rotatable bonds is 3. The zero-order valence-corrected chi connectivity index (χ0v) is 12.1. The van der Waals surface area contributed by atoms with E-state index in [9.17, 15) is 0 Å². The van der Waals surface area contributed by atoms with Gasteiger partial charge in [-0.2, -0.15) is 5.10 Å². The van der Waals surface area contributed by atoms with Crippen molar-refractivity contribution in [2.24, 2.45) is 0 Å². The maximum absolute atomic E-state index is 4.24. The normalized spacial score (nSPS) is 16.4. The molecule has 2 aromatic heterocycles. The fourth-order valence-electron chi connectivity index (χ4n) is 2.80. The van der Waals surface area contributed by atoms with Crippen molar-refractivity contribution in [3.63, 3.8) is 0 Å². The summed E-state index contributed by atoms with van der Waals surface area (Å²) >= 11 is 0. The molecule has 0 radical (unpaired) electrons. The van der Waals surface area contributed by atoms with Crippen LogP contribution in [0.5, 0.6) is 0 Å². The first-order valence-electron chi connectivity index (χ1n) is 7.17. The molecule has 0 aromatic carbocycles. The molecular formula is C15H21N5. The van der Waals surface area contributed by atoms with Crippen LogP contribution in [-0.4, -0.2) is 34.3 Å². The van der Waals surface area contributed by atoms with Crippen molar-refractivity contribution in [1.29, 1.82) is 0 Å². The van der Waals surface area contributed by atoms with Gasteiger partial charge in [-0.15, -0.1) is 0 Å². The molecule has 3 rings (SSSR count). The van der Waals surface area contributed by atoms with E-state index in [1.807, 2.05) is 19.3 Å². The second-order valence-corrected chi connectivity index (χ2v) is 5.42. The van der Waals surface area contributed by atoms with Crippen LogP contribution >= 0.6 is 0 Å². The predicted molar refractivity (Wildman–Crippen MR) is 81.2 cm³/mol. The summed E-state index contributed by atoms with van der Waals surface area (Å²) in [5.74, 6) is 0. The molecule has 0 atom stereocenters. The molecule has 0 bridgehead atoms. The molecule has 20 heavy (non-hydrogen) atoms. The molecule has 2 N–H and O–H groups in total. The fraction of sp³-hybridized carbons (Fsp3) is 0.467. The number of nitrogens with one attached hydrogen (secondary N) is 2. The van der Waals surface area contributed by atoms with E-state index in [1.54, 1.807) is 0 Å². The number of pyridine rings is 1. The zero-order chi connectivity index (χ0) is 13.9. The molecule has 2 aromatic rings. The van der Waals surface area contributed by atoms with Gasteiger partial charge in [0.2, 0.25) is 0 Å². The predicted octanol–water partition coefficient (Wildman–Crippen LogP) is 2.50. The first-order valence-corrected chi connectivity index (χ1v) is 7.17. The van der Waals surface area contributed by atoms with Gasteiger partial charge in [-0.25, -0.2) is 0 Å². The van der Waals surface area contributed by atoms with E-state index in [1.165, 1.54) is 11.4 Å². The van der Waals surface area contributed by atoms with E-state index in [2.05, 4.69) is 44.5 Å². The summed E-state index contributed by atoms with van der Waals surface area (Å²) in [4.78, 5) is 6.50. The van der Waals surface area contributed by atoms with E-state index in [4.69, 9.17) is 0 Å². The molecule has 1 fully saturated rings. The zero-order valence-electron chi connectivity index (χ0n) is 12.1. The number of hydrogen-bond donors (Lipinski definition) is 2. The van der Waals surface area contributed by atoms with Crippen LogP contribution in [0.3, 0.4) is 0 Å². The van der Waals surface area contributed by atoms with Gasteiger partial charge in [0, 0.05) is 37.2 Å². The highest BCUT2D eigenvalue weighted by atomic mass is 15.2. The Hall–Kier alpha value is -2.04. The summed E-state index contributed by atoms with van der Waals surface area (Å²) < 4.78 is 0. The maximum atomic E-state index is 4.24. The van der Waals surface area contributed by atoms with Crippen LogP contribution in [0.2, 0.25) is 0 Å². The van der Waals surface area contributed by atoms with Gasteiger partial charge in [-0.05, 0) is 38.8 Å². The lowest BCUT2D eigenvalue weighted by Gasteiger charge is -2.34. The summed E-state index contributed by atoms with van der Waals surface area (Å²) in [5, 5.41) is 10.9. The van der Waals surface area contributed by atoms with Gasteiger partial charge >= 0.3 is 0 Å². The molecule has 106 valence electrons. The lowest BCUT2D eigenvalue weighted by molar-refractivity contribution is 0.526. The number of hydrogen-bond acceptors (Lipinski definition) is 4. The fourth-order valence-corrected chi connectivity index (χ4v) is 2.80.